The molecule has 1 aromatic rings. The second-order valence-electron chi connectivity index (χ2n) is 6.75. The van der Waals surface area contributed by atoms with Crippen molar-refractivity contribution in [3.63, 3.8) is 0 Å². The molecule has 0 aromatic carbocycles. The molecule has 4 nitrogen and oxygen atoms in total. The van der Waals surface area contributed by atoms with Gasteiger partial charge in [0.1, 0.15) is 5.15 Å². The molecule has 2 aliphatic heterocycles. The van der Waals surface area contributed by atoms with E-state index in [0.29, 0.717) is 5.15 Å². The standard InChI is InChI=1S/C18H23ClN2O2/c1-13-14(5-10-23-13)3-4-15-12-20-17(19)11-16(15)21-8-6-18(2,22)7-9-21/h11-14,22H,5-10H2,1-2H3. The van der Waals surface area contributed by atoms with Crippen molar-refractivity contribution in [1.82, 2.24) is 4.98 Å². The summed E-state index contributed by atoms with van der Waals surface area (Å²) in [6.07, 6.45) is 4.41. The predicted molar refractivity (Wildman–Crippen MR) is 91.7 cm³/mol. The van der Waals surface area contributed by atoms with Crippen LogP contribution in [0.2, 0.25) is 5.15 Å². The molecule has 0 radical (unpaired) electrons. The number of hydrogen-bond acceptors (Lipinski definition) is 4. The number of hydrogen-bond donors (Lipinski definition) is 1. The van der Waals surface area contributed by atoms with Crippen molar-refractivity contribution in [3.8, 4) is 11.8 Å². The number of aliphatic hydroxyl groups is 1. The van der Waals surface area contributed by atoms with Crippen LogP contribution < -0.4 is 4.90 Å². The van der Waals surface area contributed by atoms with Gasteiger partial charge in [0.05, 0.1) is 23.0 Å². The molecule has 0 amide bonds. The second-order valence-corrected chi connectivity index (χ2v) is 7.14. The lowest BCUT2D eigenvalue weighted by Crippen LogP contribution is -2.42. The van der Waals surface area contributed by atoms with Crippen molar-refractivity contribution < 1.29 is 9.84 Å². The number of pyridine rings is 1. The van der Waals surface area contributed by atoms with Crippen LogP contribution in [-0.2, 0) is 4.74 Å². The van der Waals surface area contributed by atoms with Gasteiger partial charge in [-0.05, 0) is 33.1 Å². The lowest BCUT2D eigenvalue weighted by molar-refractivity contribution is 0.0351. The molecule has 2 unspecified atom stereocenters. The summed E-state index contributed by atoms with van der Waals surface area (Å²) in [6, 6.07) is 1.88. The first-order valence-corrected chi connectivity index (χ1v) is 8.58. The van der Waals surface area contributed by atoms with Gasteiger partial charge in [-0.3, -0.25) is 0 Å². The van der Waals surface area contributed by atoms with Gasteiger partial charge < -0.3 is 14.7 Å². The molecule has 1 aromatic heterocycles. The Kier molecular flexibility index (Phi) is 4.82. The molecule has 124 valence electrons. The van der Waals surface area contributed by atoms with Crippen molar-refractivity contribution in [3.05, 3.63) is 23.0 Å². The molecule has 0 bridgehead atoms. The van der Waals surface area contributed by atoms with Crippen LogP contribution in [-0.4, -0.2) is 41.5 Å². The Bertz CT molecular complexity index is 626. The average Bonchev–Trinajstić information content (AvgIpc) is 2.91. The number of anilines is 1. The Morgan fingerprint density at radius 2 is 2.17 bits per heavy atom. The third-order valence-corrected chi connectivity index (χ3v) is 5.01. The van der Waals surface area contributed by atoms with Crippen LogP contribution in [0.5, 0.6) is 0 Å². The van der Waals surface area contributed by atoms with Gasteiger partial charge in [0.25, 0.3) is 0 Å². The van der Waals surface area contributed by atoms with Gasteiger partial charge in [0.15, 0.2) is 0 Å². The minimum atomic E-state index is -0.574. The lowest BCUT2D eigenvalue weighted by Gasteiger charge is -2.37. The summed E-state index contributed by atoms with van der Waals surface area (Å²) in [5.74, 6) is 6.88. The maximum Gasteiger partial charge on any atom is 0.131 e. The number of ether oxygens (including phenoxy) is 1. The highest BCUT2D eigenvalue weighted by atomic mass is 35.5. The number of piperidine rings is 1. The molecule has 2 saturated heterocycles. The van der Waals surface area contributed by atoms with E-state index in [0.717, 1.165) is 50.2 Å². The van der Waals surface area contributed by atoms with Crippen LogP contribution in [0.3, 0.4) is 0 Å². The summed E-state index contributed by atoms with van der Waals surface area (Å²) in [4.78, 5) is 6.42. The molecule has 2 aliphatic rings. The number of aromatic nitrogens is 1. The molecule has 0 saturated carbocycles. The van der Waals surface area contributed by atoms with Gasteiger partial charge in [0.2, 0.25) is 0 Å². The first-order valence-electron chi connectivity index (χ1n) is 8.21. The number of rotatable bonds is 1. The molecular formula is C18H23ClN2O2. The molecule has 0 aliphatic carbocycles. The molecule has 5 heteroatoms. The van der Waals surface area contributed by atoms with Gasteiger partial charge in [-0.2, -0.15) is 0 Å². The van der Waals surface area contributed by atoms with Gasteiger partial charge >= 0.3 is 0 Å². The van der Waals surface area contributed by atoms with E-state index in [9.17, 15) is 5.11 Å². The SMILES string of the molecule is CC1OCCC1C#Cc1cnc(Cl)cc1N1CCC(C)(O)CC1. The zero-order chi connectivity index (χ0) is 16.4. The smallest absolute Gasteiger partial charge is 0.131 e. The van der Waals surface area contributed by atoms with E-state index < -0.39 is 5.60 Å². The summed E-state index contributed by atoms with van der Waals surface area (Å²) in [6.45, 7) is 6.34. The molecule has 3 heterocycles. The molecule has 2 fully saturated rings. The fourth-order valence-corrected chi connectivity index (χ4v) is 3.25. The van der Waals surface area contributed by atoms with Crippen LogP contribution in [0.25, 0.3) is 0 Å². The summed E-state index contributed by atoms with van der Waals surface area (Å²) in [5, 5.41) is 10.6. The second kappa shape index (κ2) is 6.68. The first kappa shape index (κ1) is 16.6. The fourth-order valence-electron chi connectivity index (χ4n) is 3.10. The predicted octanol–water partition coefficient (Wildman–Crippen LogP) is 2.86. The third kappa shape index (κ3) is 3.98. The highest BCUT2D eigenvalue weighted by Gasteiger charge is 2.28. The Hall–Kier alpha value is -1.28. The van der Waals surface area contributed by atoms with Gasteiger partial charge in [-0.25, -0.2) is 4.98 Å². The zero-order valence-electron chi connectivity index (χ0n) is 13.7. The zero-order valence-corrected chi connectivity index (χ0v) is 14.4. The summed E-state index contributed by atoms with van der Waals surface area (Å²) in [7, 11) is 0. The Labute approximate surface area is 142 Å². The highest BCUT2D eigenvalue weighted by Crippen LogP contribution is 2.29. The van der Waals surface area contributed by atoms with Gasteiger partial charge in [0, 0.05) is 37.9 Å². The van der Waals surface area contributed by atoms with Gasteiger partial charge in [-0.15, -0.1) is 0 Å². The van der Waals surface area contributed by atoms with Crippen LogP contribution in [0.15, 0.2) is 12.3 Å². The summed E-state index contributed by atoms with van der Waals surface area (Å²) < 4.78 is 5.56. The van der Waals surface area contributed by atoms with Crippen LogP contribution in [0.1, 0.15) is 38.7 Å². The monoisotopic (exact) mass is 334 g/mol. The van der Waals surface area contributed by atoms with Gasteiger partial charge in [-0.1, -0.05) is 23.4 Å². The van der Waals surface area contributed by atoms with E-state index in [1.165, 1.54) is 0 Å². The molecule has 2 atom stereocenters. The molecule has 23 heavy (non-hydrogen) atoms. The Morgan fingerprint density at radius 3 is 2.83 bits per heavy atom. The number of nitrogens with zero attached hydrogens (tertiary/aromatic N) is 2. The van der Waals surface area contributed by atoms with E-state index in [1.54, 1.807) is 6.20 Å². The van der Waals surface area contributed by atoms with Crippen molar-refractivity contribution in [1.29, 1.82) is 0 Å². The maximum absolute atomic E-state index is 10.1. The topological polar surface area (TPSA) is 45.6 Å². The molecular weight excluding hydrogens is 312 g/mol. The quantitative estimate of drug-likeness (QED) is 0.633. The van der Waals surface area contributed by atoms with Crippen molar-refractivity contribution in [2.75, 3.05) is 24.6 Å². The third-order valence-electron chi connectivity index (χ3n) is 4.80. The fraction of sp³-hybridized carbons (Fsp3) is 0.611. The van der Waals surface area contributed by atoms with E-state index in [4.69, 9.17) is 16.3 Å². The minimum absolute atomic E-state index is 0.191. The molecule has 3 rings (SSSR count). The Balaban J connectivity index is 1.83. The minimum Gasteiger partial charge on any atom is -0.390 e. The van der Waals surface area contributed by atoms with E-state index in [-0.39, 0.29) is 12.0 Å². The van der Waals surface area contributed by atoms with Crippen LogP contribution in [0.4, 0.5) is 5.69 Å². The van der Waals surface area contributed by atoms with E-state index in [1.807, 2.05) is 13.0 Å². The van der Waals surface area contributed by atoms with Crippen LogP contribution >= 0.6 is 11.6 Å². The maximum atomic E-state index is 10.1. The van der Waals surface area contributed by atoms with Crippen molar-refractivity contribution in [2.45, 2.75) is 44.8 Å². The lowest BCUT2D eigenvalue weighted by atomic mass is 9.93. The normalized spacial score (nSPS) is 26.7. The largest absolute Gasteiger partial charge is 0.390 e. The molecule has 0 spiro atoms. The Morgan fingerprint density at radius 1 is 1.43 bits per heavy atom. The number of halogens is 1. The highest BCUT2D eigenvalue weighted by molar-refractivity contribution is 6.29. The summed E-state index contributed by atoms with van der Waals surface area (Å²) in [5.41, 5.74) is 1.34. The first-order chi connectivity index (χ1) is 10.9. The van der Waals surface area contributed by atoms with Crippen LogP contribution in [0, 0.1) is 17.8 Å². The average molecular weight is 335 g/mol. The van der Waals surface area contributed by atoms with E-state index in [2.05, 4.69) is 28.6 Å². The summed E-state index contributed by atoms with van der Waals surface area (Å²) >= 11 is 6.09. The molecule has 1 N–H and O–H groups in total. The van der Waals surface area contributed by atoms with Crippen molar-refractivity contribution >= 4 is 17.3 Å². The van der Waals surface area contributed by atoms with Crippen molar-refractivity contribution in [2.24, 2.45) is 5.92 Å². The van der Waals surface area contributed by atoms with E-state index >= 15 is 0 Å².